The number of hydrogen-bond acceptors (Lipinski definition) is 2. The van der Waals surface area contributed by atoms with Crippen LogP contribution in [0.4, 0.5) is 0 Å². The molecule has 1 N–H and O–H groups in total. The van der Waals surface area contributed by atoms with Gasteiger partial charge in [-0.05, 0) is 29.9 Å². The highest BCUT2D eigenvalue weighted by molar-refractivity contribution is 7.71. The molecule has 0 aliphatic rings. The van der Waals surface area contributed by atoms with Gasteiger partial charge in [0.1, 0.15) is 0 Å². The highest BCUT2D eigenvalue weighted by Gasteiger charge is 1.97. The molecule has 0 saturated heterocycles. The van der Waals surface area contributed by atoms with Crippen LogP contribution < -0.4 is 0 Å². The lowest BCUT2D eigenvalue weighted by Gasteiger charge is -2.02. The Morgan fingerprint density at radius 2 is 2.33 bits per heavy atom. The van der Waals surface area contributed by atoms with Gasteiger partial charge >= 0.3 is 0 Å². The average Bonchev–Trinajstić information content (AvgIpc) is 2.65. The van der Waals surface area contributed by atoms with Crippen LogP contribution in [0.25, 0.3) is 0 Å². The van der Waals surface area contributed by atoms with Crippen molar-refractivity contribution < 1.29 is 0 Å². The molecule has 0 radical (unpaired) electrons. The fourth-order valence-corrected chi connectivity index (χ4v) is 1.60. The summed E-state index contributed by atoms with van der Waals surface area (Å²) in [6.45, 7) is 0.692. The van der Waals surface area contributed by atoms with Crippen LogP contribution in [0.15, 0.2) is 36.7 Å². The maximum absolute atomic E-state index is 8.76. The summed E-state index contributed by atoms with van der Waals surface area (Å²) in [5, 5.41) is 8.76. The molecule has 4 heteroatoms. The van der Waals surface area contributed by atoms with Crippen molar-refractivity contribution in [1.29, 1.82) is 5.26 Å². The van der Waals surface area contributed by atoms with E-state index in [1.165, 1.54) is 0 Å². The molecule has 1 aromatic heterocycles. The number of hydrogen-bond donors (Lipinski definition) is 1. The smallest absolute Gasteiger partial charge is 0.177 e. The molecule has 0 spiro atoms. The second kappa shape index (κ2) is 4.11. The second-order valence-corrected chi connectivity index (χ2v) is 3.59. The number of nitrogens with one attached hydrogen (secondary N) is 1. The molecular weight excluding hydrogens is 206 g/mol. The summed E-state index contributed by atoms with van der Waals surface area (Å²) in [5.41, 5.74) is 1.75. The Morgan fingerprint density at radius 1 is 1.47 bits per heavy atom. The Morgan fingerprint density at radius 3 is 3.00 bits per heavy atom. The maximum Gasteiger partial charge on any atom is 0.177 e. The van der Waals surface area contributed by atoms with Crippen molar-refractivity contribution >= 4 is 12.2 Å². The van der Waals surface area contributed by atoms with Crippen LogP contribution in [0.1, 0.15) is 11.1 Å². The van der Waals surface area contributed by atoms with Crippen molar-refractivity contribution in [3.05, 3.63) is 52.6 Å². The van der Waals surface area contributed by atoms with Gasteiger partial charge in [0.2, 0.25) is 0 Å². The van der Waals surface area contributed by atoms with Crippen LogP contribution in [0.2, 0.25) is 0 Å². The molecule has 0 atom stereocenters. The van der Waals surface area contributed by atoms with Crippen molar-refractivity contribution in [3.63, 3.8) is 0 Å². The topological polar surface area (TPSA) is 44.5 Å². The molecule has 1 aromatic carbocycles. The van der Waals surface area contributed by atoms with E-state index in [1.807, 2.05) is 29.0 Å². The van der Waals surface area contributed by atoms with Gasteiger partial charge in [-0.3, -0.25) is 0 Å². The van der Waals surface area contributed by atoms with Crippen LogP contribution in [0.5, 0.6) is 0 Å². The number of aromatic amines is 1. The van der Waals surface area contributed by atoms with Crippen LogP contribution in [0, 0.1) is 16.1 Å². The summed E-state index contributed by atoms with van der Waals surface area (Å²) in [6.07, 6.45) is 3.69. The molecule has 0 amide bonds. The number of imidazole rings is 1. The first kappa shape index (κ1) is 9.69. The summed E-state index contributed by atoms with van der Waals surface area (Å²) in [7, 11) is 0. The third-order valence-electron chi connectivity index (χ3n) is 2.13. The number of benzene rings is 1. The van der Waals surface area contributed by atoms with Gasteiger partial charge < -0.3 is 9.55 Å². The van der Waals surface area contributed by atoms with E-state index in [1.54, 1.807) is 12.3 Å². The molecule has 0 saturated carbocycles. The summed E-state index contributed by atoms with van der Waals surface area (Å²) in [5.74, 6) is 0. The first-order chi connectivity index (χ1) is 7.29. The van der Waals surface area contributed by atoms with Crippen molar-refractivity contribution in [1.82, 2.24) is 9.55 Å². The van der Waals surface area contributed by atoms with Crippen molar-refractivity contribution in [2.24, 2.45) is 0 Å². The summed E-state index contributed by atoms with van der Waals surface area (Å²) in [6, 6.07) is 9.64. The van der Waals surface area contributed by atoms with Crippen LogP contribution in [0.3, 0.4) is 0 Å². The summed E-state index contributed by atoms with van der Waals surface area (Å²) >= 11 is 5.09. The predicted octanol–water partition coefficient (Wildman–Crippen LogP) is 2.47. The van der Waals surface area contributed by atoms with Gasteiger partial charge in [0.15, 0.2) is 4.77 Å². The minimum Gasteiger partial charge on any atom is -0.337 e. The third kappa shape index (κ3) is 2.14. The predicted molar refractivity (Wildman–Crippen MR) is 59.9 cm³/mol. The Labute approximate surface area is 92.6 Å². The average molecular weight is 215 g/mol. The van der Waals surface area contributed by atoms with Gasteiger partial charge in [0, 0.05) is 18.9 Å². The SMILES string of the molecule is N#Cc1cccc(Cn2cc[nH]c2=S)c1. The van der Waals surface area contributed by atoms with Gasteiger partial charge in [-0.1, -0.05) is 12.1 Å². The standard InChI is InChI=1S/C11H9N3S/c12-7-9-2-1-3-10(6-9)8-14-5-4-13-11(14)15/h1-6H,8H2,(H,13,15). The van der Waals surface area contributed by atoms with E-state index in [-0.39, 0.29) is 0 Å². The van der Waals surface area contributed by atoms with E-state index in [0.29, 0.717) is 16.9 Å². The third-order valence-corrected chi connectivity index (χ3v) is 2.48. The quantitative estimate of drug-likeness (QED) is 0.782. The summed E-state index contributed by atoms with van der Waals surface area (Å²) in [4.78, 5) is 2.93. The van der Waals surface area contributed by atoms with Gasteiger partial charge in [-0.15, -0.1) is 0 Å². The Hall–Kier alpha value is -1.86. The lowest BCUT2D eigenvalue weighted by Crippen LogP contribution is -1.98. The van der Waals surface area contributed by atoms with Gasteiger partial charge in [0.05, 0.1) is 11.6 Å². The molecule has 3 nitrogen and oxygen atoms in total. The Balaban J connectivity index is 2.29. The fraction of sp³-hybridized carbons (Fsp3) is 0.0909. The molecule has 15 heavy (non-hydrogen) atoms. The molecule has 0 aliphatic carbocycles. The molecule has 0 unspecified atom stereocenters. The second-order valence-electron chi connectivity index (χ2n) is 3.21. The Bertz CT molecular complexity index is 559. The molecule has 0 aliphatic heterocycles. The van der Waals surface area contributed by atoms with E-state index >= 15 is 0 Å². The molecule has 1 heterocycles. The van der Waals surface area contributed by atoms with Gasteiger partial charge in [-0.2, -0.15) is 5.26 Å². The minimum atomic E-state index is 0.676. The zero-order valence-corrected chi connectivity index (χ0v) is 8.79. The largest absolute Gasteiger partial charge is 0.337 e. The molecule has 0 fully saturated rings. The number of aromatic nitrogens is 2. The highest BCUT2D eigenvalue weighted by Crippen LogP contribution is 2.06. The number of nitriles is 1. The highest BCUT2D eigenvalue weighted by atomic mass is 32.1. The van der Waals surface area contributed by atoms with Crippen LogP contribution >= 0.6 is 12.2 Å². The minimum absolute atomic E-state index is 0.676. The molecule has 74 valence electrons. The number of H-pyrrole nitrogens is 1. The monoisotopic (exact) mass is 215 g/mol. The van der Waals surface area contributed by atoms with E-state index in [0.717, 1.165) is 5.56 Å². The molecule has 2 rings (SSSR count). The lowest BCUT2D eigenvalue weighted by molar-refractivity contribution is 0.784. The first-order valence-electron chi connectivity index (χ1n) is 4.52. The molecule has 0 bridgehead atoms. The first-order valence-corrected chi connectivity index (χ1v) is 4.93. The fourth-order valence-electron chi connectivity index (χ4n) is 1.41. The van der Waals surface area contributed by atoms with E-state index in [2.05, 4.69) is 11.1 Å². The van der Waals surface area contributed by atoms with Gasteiger partial charge in [0.25, 0.3) is 0 Å². The van der Waals surface area contributed by atoms with Crippen LogP contribution in [-0.4, -0.2) is 9.55 Å². The van der Waals surface area contributed by atoms with E-state index in [9.17, 15) is 0 Å². The van der Waals surface area contributed by atoms with Crippen molar-refractivity contribution in [3.8, 4) is 6.07 Å². The van der Waals surface area contributed by atoms with Crippen molar-refractivity contribution in [2.45, 2.75) is 6.54 Å². The number of nitrogens with zero attached hydrogens (tertiary/aromatic N) is 2. The molecular formula is C11H9N3S. The maximum atomic E-state index is 8.76. The van der Waals surface area contributed by atoms with E-state index in [4.69, 9.17) is 17.5 Å². The van der Waals surface area contributed by atoms with E-state index < -0.39 is 0 Å². The normalized spacial score (nSPS) is 9.80. The van der Waals surface area contributed by atoms with Crippen molar-refractivity contribution in [2.75, 3.05) is 0 Å². The summed E-state index contributed by atoms with van der Waals surface area (Å²) < 4.78 is 2.61. The molecule has 2 aromatic rings. The Kier molecular flexibility index (Phi) is 2.66. The lowest BCUT2D eigenvalue weighted by atomic mass is 10.1. The zero-order chi connectivity index (χ0) is 10.7. The van der Waals surface area contributed by atoms with Gasteiger partial charge in [-0.25, -0.2) is 0 Å². The number of rotatable bonds is 2. The zero-order valence-electron chi connectivity index (χ0n) is 7.97. The van der Waals surface area contributed by atoms with Crippen LogP contribution in [-0.2, 0) is 6.54 Å².